The molecule has 0 heterocycles. The Morgan fingerprint density at radius 2 is 1.46 bits per heavy atom. The Morgan fingerprint density at radius 3 is 2.20 bits per heavy atom. The van der Waals surface area contributed by atoms with E-state index in [0.29, 0.717) is 5.92 Å². The van der Waals surface area contributed by atoms with E-state index < -0.39 is 20.7 Å². The van der Waals surface area contributed by atoms with Gasteiger partial charge < -0.3 is 0 Å². The van der Waals surface area contributed by atoms with Gasteiger partial charge in [-0.25, -0.2) is 0 Å². The first-order valence-electron chi connectivity index (χ1n) is 21.2. The van der Waals surface area contributed by atoms with E-state index in [1.54, 1.807) is 0 Å². The first-order chi connectivity index (χ1) is 28.5. The molecule has 59 heavy (non-hydrogen) atoms. The summed E-state index contributed by atoms with van der Waals surface area (Å²) in [6, 6.07) is 38.1. The molecular formula is C58H61I. The predicted molar refractivity (Wildman–Crippen MR) is 273 cm³/mol. The summed E-state index contributed by atoms with van der Waals surface area (Å²) in [6.45, 7) is 20.2. The highest BCUT2D eigenvalue weighted by molar-refractivity contribution is 14.2. The van der Waals surface area contributed by atoms with Gasteiger partial charge in [0.2, 0.25) is 0 Å². The Bertz CT molecular complexity index is 2620. The molecule has 0 nitrogen and oxygen atoms in total. The zero-order valence-corrected chi connectivity index (χ0v) is 38.7. The summed E-state index contributed by atoms with van der Waals surface area (Å²) >= 11 is -0.393. The molecule has 0 N–H and O–H groups in total. The normalized spacial score (nSPS) is 20.4. The van der Waals surface area contributed by atoms with Crippen LogP contribution in [0.5, 0.6) is 0 Å². The van der Waals surface area contributed by atoms with Gasteiger partial charge in [0.25, 0.3) is 0 Å². The zero-order chi connectivity index (χ0) is 42.0. The van der Waals surface area contributed by atoms with Gasteiger partial charge >= 0.3 is 0 Å². The van der Waals surface area contributed by atoms with Crippen molar-refractivity contribution in [3.8, 4) is 11.1 Å². The third-order valence-electron chi connectivity index (χ3n) is 11.8. The fourth-order valence-corrected chi connectivity index (χ4v) is 10.5. The van der Waals surface area contributed by atoms with Crippen LogP contribution in [-0.2, 0) is 0 Å². The third-order valence-corrected chi connectivity index (χ3v) is 14.7. The summed E-state index contributed by atoms with van der Waals surface area (Å²) in [6.07, 6.45) is 31.1. The van der Waals surface area contributed by atoms with Crippen LogP contribution < -0.4 is 0 Å². The molecule has 1 aliphatic carbocycles. The van der Waals surface area contributed by atoms with Crippen molar-refractivity contribution in [1.29, 1.82) is 0 Å². The van der Waals surface area contributed by atoms with E-state index in [0.717, 1.165) is 6.42 Å². The number of hydrogen-bond acceptors (Lipinski definition) is 0. The van der Waals surface area contributed by atoms with E-state index in [9.17, 15) is 0 Å². The van der Waals surface area contributed by atoms with Crippen LogP contribution in [0.4, 0.5) is 0 Å². The van der Waals surface area contributed by atoms with Crippen LogP contribution in [0.1, 0.15) is 91.3 Å². The minimum atomic E-state index is -0.393. The summed E-state index contributed by atoms with van der Waals surface area (Å²) in [5.41, 5.74) is 11.3. The van der Waals surface area contributed by atoms with Gasteiger partial charge in [0.05, 0.1) is 0 Å². The molecule has 3 atom stereocenters. The zero-order valence-electron chi connectivity index (χ0n) is 36.6. The second-order valence-electron chi connectivity index (χ2n) is 16.4. The first-order valence-corrected chi connectivity index (χ1v) is 23.5. The molecule has 1 aliphatic rings. The number of allylic oxidation sites excluding steroid dienone is 18. The van der Waals surface area contributed by atoms with Gasteiger partial charge in [-0.2, -0.15) is 0 Å². The number of rotatable bonds is 13. The Balaban J connectivity index is 1.23. The Labute approximate surface area is 365 Å². The molecular weight excluding hydrogens is 824 g/mol. The highest BCUT2D eigenvalue weighted by Crippen LogP contribution is 2.50. The lowest BCUT2D eigenvalue weighted by atomic mass is 9.61. The molecule has 0 spiro atoms. The van der Waals surface area contributed by atoms with Crippen molar-refractivity contribution in [1.82, 2.24) is 0 Å². The number of benzene rings is 5. The van der Waals surface area contributed by atoms with Gasteiger partial charge in [0, 0.05) is 14.4 Å². The molecule has 0 fully saturated rings. The molecule has 5 aromatic carbocycles. The minimum Gasteiger partial charge on any atom is -0.0908 e. The molecule has 5 aromatic rings. The van der Waals surface area contributed by atoms with E-state index >= 15 is 0 Å². The molecule has 0 saturated heterocycles. The second-order valence-corrected chi connectivity index (χ2v) is 18.8. The summed E-state index contributed by atoms with van der Waals surface area (Å²) in [7, 11) is 0. The maximum Gasteiger partial charge on any atom is 0.0165 e. The maximum atomic E-state index is 2.52. The molecule has 300 valence electrons. The lowest BCUT2D eigenvalue weighted by molar-refractivity contribution is 0.311. The molecule has 0 aliphatic heterocycles. The number of fused-ring (bicyclic) bond motifs is 3. The van der Waals surface area contributed by atoms with E-state index in [-0.39, 0.29) is 10.8 Å². The van der Waals surface area contributed by atoms with Crippen LogP contribution in [0.15, 0.2) is 202 Å². The van der Waals surface area contributed by atoms with Crippen molar-refractivity contribution in [2.24, 2.45) is 10.8 Å². The predicted octanol–water partition coefficient (Wildman–Crippen LogP) is 17.4. The van der Waals surface area contributed by atoms with Crippen LogP contribution in [0.2, 0.25) is 0 Å². The van der Waals surface area contributed by atoms with Crippen molar-refractivity contribution < 1.29 is 0 Å². The monoisotopic (exact) mass is 884 g/mol. The van der Waals surface area contributed by atoms with Gasteiger partial charge in [-0.05, 0) is 124 Å². The van der Waals surface area contributed by atoms with Gasteiger partial charge in [-0.1, -0.05) is 230 Å². The van der Waals surface area contributed by atoms with Crippen LogP contribution in [0.25, 0.3) is 38.2 Å². The Morgan fingerprint density at radius 1 is 0.746 bits per heavy atom. The average Bonchev–Trinajstić information content (AvgIpc) is 3.24. The quantitative estimate of drug-likeness (QED) is 0.0478. The summed E-state index contributed by atoms with van der Waals surface area (Å²) < 4.78 is 3.94. The molecule has 0 bridgehead atoms. The summed E-state index contributed by atoms with van der Waals surface area (Å²) in [5.74, 6) is 0.308. The van der Waals surface area contributed by atoms with Crippen molar-refractivity contribution in [2.45, 2.75) is 74.7 Å². The van der Waals surface area contributed by atoms with Gasteiger partial charge in [-0.15, -0.1) is 0 Å². The standard InChI is InChI=1S/C58H61I/c1-10-21-42(4)22-13-14-23-43(5)35-44(6)47-26-20-27-48(37-47)45(7)39-58(9)34-32-51(40-57(58,8)33-11-2)56(12-3)59-41-46-24-19-28-49(36-46)55-38-50-25-15-16-29-52(50)53-30-17-18-31-54(53)55/h11-41,44H,10H2,1-9H3/b22-13-,23-14-,33-11-,42-21+,43-35+,45-39+,56-12-. The largest absolute Gasteiger partial charge is 0.0908 e. The topological polar surface area (TPSA) is 0 Å². The van der Waals surface area contributed by atoms with Crippen LogP contribution in [0, 0.1) is 10.8 Å². The second kappa shape index (κ2) is 19.8. The average molecular weight is 885 g/mol. The molecule has 3 unspecified atom stereocenters. The highest BCUT2D eigenvalue weighted by Gasteiger charge is 2.40. The number of halogens is 1. The fourth-order valence-electron chi connectivity index (χ4n) is 8.33. The molecule has 0 aromatic heterocycles. The molecule has 0 saturated carbocycles. The maximum absolute atomic E-state index is 2.52. The van der Waals surface area contributed by atoms with Crippen molar-refractivity contribution in [2.75, 3.05) is 0 Å². The highest BCUT2D eigenvalue weighted by atomic mass is 127. The van der Waals surface area contributed by atoms with Crippen LogP contribution >= 0.6 is 20.7 Å². The van der Waals surface area contributed by atoms with Crippen LogP contribution in [0.3, 0.4) is 0 Å². The van der Waals surface area contributed by atoms with Gasteiger partial charge in [0.1, 0.15) is 0 Å². The molecule has 1 heteroatoms. The smallest absolute Gasteiger partial charge is 0.0165 e. The van der Waals surface area contributed by atoms with Crippen molar-refractivity contribution in [3.05, 3.63) is 219 Å². The summed E-state index contributed by atoms with van der Waals surface area (Å²) in [5, 5.41) is 5.19. The van der Waals surface area contributed by atoms with Crippen molar-refractivity contribution in [3.63, 3.8) is 0 Å². The van der Waals surface area contributed by atoms with E-state index in [4.69, 9.17) is 0 Å². The molecule has 0 radical (unpaired) electrons. The summed E-state index contributed by atoms with van der Waals surface area (Å²) in [4.78, 5) is 0. The molecule has 6 rings (SSSR count). The fraction of sp³-hybridized carbons (Fsp3) is 0.224. The number of hydrogen-bond donors (Lipinski definition) is 0. The van der Waals surface area contributed by atoms with Crippen molar-refractivity contribution >= 4 is 51.9 Å². The molecule has 0 amide bonds. The van der Waals surface area contributed by atoms with E-state index in [1.807, 2.05) is 0 Å². The first kappa shape index (κ1) is 43.5. The van der Waals surface area contributed by atoms with E-state index in [2.05, 4.69) is 248 Å². The Hall–Kier alpha value is -5.12. The van der Waals surface area contributed by atoms with Gasteiger partial charge in [0.15, 0.2) is 0 Å². The SMILES string of the molecule is C/C=C\C1(C)C=C(C(=C/C)/I=C\c2cccc(-c3cc4ccccc4c4ccccc34)c2)C=CC1(C)/C=C(\C)c1cccc(C(C)/C=C(C)/C=C\C=C/C(C)=C/CC)c1. The van der Waals surface area contributed by atoms with Crippen LogP contribution in [-0.4, -0.2) is 4.01 Å². The van der Waals surface area contributed by atoms with Gasteiger partial charge in [-0.3, -0.25) is 0 Å². The minimum absolute atomic E-state index is 0.196. The Kier molecular flexibility index (Phi) is 14.6. The lowest BCUT2D eigenvalue weighted by Gasteiger charge is -2.42. The third kappa shape index (κ3) is 10.4. The van der Waals surface area contributed by atoms with E-state index in [1.165, 1.54) is 75.2 Å². The lowest BCUT2D eigenvalue weighted by Crippen LogP contribution is -2.33.